The highest BCUT2D eigenvalue weighted by Gasteiger charge is 2.04. The molecule has 2 rings (SSSR count). The Bertz CT molecular complexity index is 767. The van der Waals surface area contributed by atoms with Crippen LogP contribution in [0.5, 0.6) is 0 Å². The summed E-state index contributed by atoms with van der Waals surface area (Å²) in [6.45, 7) is 0. The number of aryl methyl sites for hydroxylation is 2. The third kappa shape index (κ3) is 4.89. The van der Waals surface area contributed by atoms with Gasteiger partial charge in [-0.15, -0.1) is 0 Å². The Kier molecular flexibility index (Phi) is 4.82. The van der Waals surface area contributed by atoms with E-state index in [4.69, 9.17) is 5.11 Å². The third-order valence-electron chi connectivity index (χ3n) is 3.13. The Morgan fingerprint density at radius 3 is 2.27 bits per heavy atom. The summed E-state index contributed by atoms with van der Waals surface area (Å²) in [4.78, 5) is 10.8. The van der Waals surface area contributed by atoms with E-state index >= 15 is 0 Å². The molecule has 2 aromatic rings. The van der Waals surface area contributed by atoms with Gasteiger partial charge >= 0.3 is 5.97 Å². The van der Waals surface area contributed by atoms with Crippen LogP contribution in [0, 0.1) is 0 Å². The van der Waals surface area contributed by atoms with Gasteiger partial charge in [0, 0.05) is 5.69 Å². The summed E-state index contributed by atoms with van der Waals surface area (Å²) < 4.78 is 24.9. The molecule has 22 heavy (non-hydrogen) atoms. The summed E-state index contributed by atoms with van der Waals surface area (Å²) in [6, 6.07) is 14.0. The number of nitrogens with one attached hydrogen (secondary N) is 1. The predicted molar refractivity (Wildman–Crippen MR) is 85.7 cm³/mol. The third-order valence-corrected chi connectivity index (χ3v) is 3.74. The van der Waals surface area contributed by atoms with Crippen molar-refractivity contribution in [2.45, 2.75) is 12.8 Å². The predicted octanol–water partition coefficient (Wildman–Crippen LogP) is 2.54. The van der Waals surface area contributed by atoms with Crippen molar-refractivity contribution in [3.05, 3.63) is 65.2 Å². The van der Waals surface area contributed by atoms with Crippen LogP contribution >= 0.6 is 0 Å². The van der Waals surface area contributed by atoms with Gasteiger partial charge in [0.2, 0.25) is 10.0 Å². The maximum absolute atomic E-state index is 11.2. The molecule has 0 saturated heterocycles. The van der Waals surface area contributed by atoms with Crippen molar-refractivity contribution < 1.29 is 18.3 Å². The first kappa shape index (κ1) is 16.0. The number of hydrogen-bond donors (Lipinski definition) is 2. The standard InChI is InChI=1S/C16H17NO4S/c1-22(20,21)17-15-4-2-3-13(11-15)6-5-12-7-9-14(10-8-12)16(18)19/h2-4,7-11,17H,5-6H2,1H3,(H,18,19). The molecule has 0 radical (unpaired) electrons. The number of benzene rings is 2. The number of hydrogen-bond acceptors (Lipinski definition) is 3. The van der Waals surface area contributed by atoms with Crippen LogP contribution in [-0.4, -0.2) is 25.7 Å². The Hall–Kier alpha value is -2.34. The average molecular weight is 319 g/mol. The first-order chi connectivity index (χ1) is 10.3. The highest BCUT2D eigenvalue weighted by atomic mass is 32.2. The summed E-state index contributed by atoms with van der Waals surface area (Å²) in [6.07, 6.45) is 2.61. The molecular formula is C16H17NO4S. The van der Waals surface area contributed by atoms with Crippen molar-refractivity contribution in [3.8, 4) is 0 Å². The second kappa shape index (κ2) is 6.62. The van der Waals surface area contributed by atoms with Gasteiger partial charge in [0.15, 0.2) is 0 Å². The molecule has 0 aliphatic carbocycles. The van der Waals surface area contributed by atoms with Gasteiger partial charge in [0.1, 0.15) is 0 Å². The highest BCUT2D eigenvalue weighted by Crippen LogP contribution is 2.14. The van der Waals surface area contributed by atoms with Gasteiger partial charge in [-0.05, 0) is 48.2 Å². The topological polar surface area (TPSA) is 83.5 Å². The van der Waals surface area contributed by atoms with E-state index in [1.165, 1.54) is 0 Å². The quantitative estimate of drug-likeness (QED) is 0.857. The minimum Gasteiger partial charge on any atom is -0.478 e. The van der Waals surface area contributed by atoms with Crippen LogP contribution in [0.3, 0.4) is 0 Å². The van der Waals surface area contributed by atoms with Crippen LogP contribution in [0.15, 0.2) is 48.5 Å². The van der Waals surface area contributed by atoms with Crippen LogP contribution in [0.25, 0.3) is 0 Å². The van der Waals surface area contributed by atoms with Crippen LogP contribution in [0.4, 0.5) is 5.69 Å². The normalized spacial score (nSPS) is 11.1. The maximum Gasteiger partial charge on any atom is 0.335 e. The van der Waals surface area contributed by atoms with E-state index in [9.17, 15) is 13.2 Å². The minimum absolute atomic E-state index is 0.267. The lowest BCUT2D eigenvalue weighted by Crippen LogP contribution is -2.09. The molecule has 5 nitrogen and oxygen atoms in total. The van der Waals surface area contributed by atoms with Gasteiger partial charge in [-0.2, -0.15) is 0 Å². The summed E-state index contributed by atoms with van der Waals surface area (Å²) in [5.41, 5.74) is 2.85. The monoisotopic (exact) mass is 319 g/mol. The molecule has 2 aromatic carbocycles. The molecule has 0 amide bonds. The summed E-state index contributed by atoms with van der Waals surface area (Å²) >= 11 is 0. The van der Waals surface area contributed by atoms with E-state index in [-0.39, 0.29) is 5.56 Å². The number of anilines is 1. The van der Waals surface area contributed by atoms with Crippen molar-refractivity contribution in [2.75, 3.05) is 11.0 Å². The molecule has 0 aliphatic heterocycles. The van der Waals surface area contributed by atoms with Gasteiger partial charge in [0.05, 0.1) is 11.8 Å². The molecular weight excluding hydrogens is 302 g/mol. The zero-order valence-electron chi connectivity index (χ0n) is 12.1. The van der Waals surface area contributed by atoms with Crippen molar-refractivity contribution in [3.63, 3.8) is 0 Å². The lowest BCUT2D eigenvalue weighted by molar-refractivity contribution is 0.0697. The Morgan fingerprint density at radius 1 is 1.05 bits per heavy atom. The fraction of sp³-hybridized carbons (Fsp3) is 0.188. The van der Waals surface area contributed by atoms with Gasteiger partial charge in [0.25, 0.3) is 0 Å². The molecule has 0 aromatic heterocycles. The molecule has 6 heteroatoms. The van der Waals surface area contributed by atoms with Gasteiger partial charge in [-0.3, -0.25) is 4.72 Å². The molecule has 0 spiro atoms. The minimum atomic E-state index is -3.28. The molecule has 2 N–H and O–H groups in total. The van der Waals surface area contributed by atoms with Crippen LogP contribution in [-0.2, 0) is 22.9 Å². The number of carboxylic acid groups (broad SMARTS) is 1. The van der Waals surface area contributed by atoms with E-state index in [0.717, 1.165) is 30.2 Å². The van der Waals surface area contributed by atoms with Crippen LogP contribution in [0.2, 0.25) is 0 Å². The summed E-state index contributed by atoms with van der Waals surface area (Å²) in [7, 11) is -3.28. The van der Waals surface area contributed by atoms with Crippen molar-refractivity contribution >= 4 is 21.7 Å². The van der Waals surface area contributed by atoms with Crippen molar-refractivity contribution in [1.82, 2.24) is 0 Å². The maximum atomic E-state index is 11.2. The van der Waals surface area contributed by atoms with Crippen LogP contribution in [0.1, 0.15) is 21.5 Å². The van der Waals surface area contributed by atoms with Gasteiger partial charge in [-0.25, -0.2) is 13.2 Å². The Labute approximate surface area is 129 Å². The SMILES string of the molecule is CS(=O)(=O)Nc1cccc(CCc2ccc(C(=O)O)cc2)c1. The largest absolute Gasteiger partial charge is 0.478 e. The van der Waals surface area contributed by atoms with E-state index in [1.54, 1.807) is 42.5 Å². The zero-order valence-corrected chi connectivity index (χ0v) is 12.9. The number of rotatable bonds is 6. The van der Waals surface area contributed by atoms with E-state index in [1.807, 2.05) is 6.07 Å². The van der Waals surface area contributed by atoms with Gasteiger partial charge < -0.3 is 5.11 Å². The number of carbonyl (C=O) groups is 1. The molecule has 0 atom stereocenters. The first-order valence-electron chi connectivity index (χ1n) is 6.72. The average Bonchev–Trinajstić information content (AvgIpc) is 2.44. The van der Waals surface area contributed by atoms with Crippen molar-refractivity contribution in [1.29, 1.82) is 0 Å². The first-order valence-corrected chi connectivity index (χ1v) is 8.61. The Balaban J connectivity index is 2.02. The second-order valence-corrected chi connectivity index (χ2v) is 6.83. The molecule has 0 bridgehead atoms. The lowest BCUT2D eigenvalue weighted by atomic mass is 10.0. The van der Waals surface area contributed by atoms with Crippen LogP contribution < -0.4 is 4.72 Å². The van der Waals surface area contributed by atoms with E-state index in [2.05, 4.69) is 4.72 Å². The molecule has 0 unspecified atom stereocenters. The molecule has 0 aliphatic rings. The molecule has 0 fully saturated rings. The Morgan fingerprint density at radius 2 is 1.68 bits per heavy atom. The number of sulfonamides is 1. The molecule has 116 valence electrons. The lowest BCUT2D eigenvalue weighted by Gasteiger charge is -2.07. The summed E-state index contributed by atoms with van der Waals surface area (Å²) in [5, 5.41) is 8.85. The fourth-order valence-electron chi connectivity index (χ4n) is 2.11. The number of carboxylic acids is 1. The second-order valence-electron chi connectivity index (χ2n) is 5.08. The van der Waals surface area contributed by atoms with E-state index < -0.39 is 16.0 Å². The molecule has 0 heterocycles. The summed E-state index contributed by atoms with van der Waals surface area (Å²) in [5.74, 6) is -0.939. The van der Waals surface area contributed by atoms with E-state index in [0.29, 0.717) is 5.69 Å². The number of aromatic carboxylic acids is 1. The fourth-order valence-corrected chi connectivity index (χ4v) is 2.66. The van der Waals surface area contributed by atoms with Crippen molar-refractivity contribution in [2.24, 2.45) is 0 Å². The molecule has 0 saturated carbocycles. The highest BCUT2D eigenvalue weighted by molar-refractivity contribution is 7.92. The van der Waals surface area contributed by atoms with Gasteiger partial charge in [-0.1, -0.05) is 24.3 Å². The smallest absolute Gasteiger partial charge is 0.335 e. The zero-order chi connectivity index (χ0) is 16.2.